The highest BCUT2D eigenvalue weighted by atomic mass is 32.1. The van der Waals surface area contributed by atoms with E-state index in [1.807, 2.05) is 70.9 Å². The Hall–Kier alpha value is -3.38. The molecule has 0 unspecified atom stereocenters. The molecule has 134 valence electrons. The maximum absolute atomic E-state index is 12.1. The van der Waals surface area contributed by atoms with E-state index in [1.165, 1.54) is 6.08 Å². The summed E-state index contributed by atoms with van der Waals surface area (Å²) in [6.45, 7) is 0.491. The lowest BCUT2D eigenvalue weighted by Gasteiger charge is -2.24. The van der Waals surface area contributed by atoms with Gasteiger partial charge in [-0.1, -0.05) is 30.3 Å². The first-order valence-electron chi connectivity index (χ1n) is 8.50. The van der Waals surface area contributed by atoms with E-state index in [0.717, 1.165) is 26.8 Å². The SMILES string of the molecule is NC1=c2ccsc2=NCN1c1ccc(NC(=O)C=Cc2ccccc2)cc1. The second-order valence-electron chi connectivity index (χ2n) is 6.03. The summed E-state index contributed by atoms with van der Waals surface area (Å²) >= 11 is 1.59. The van der Waals surface area contributed by atoms with Crippen LogP contribution in [0.5, 0.6) is 0 Å². The minimum atomic E-state index is -0.173. The molecule has 1 amide bonds. The van der Waals surface area contributed by atoms with Crippen LogP contribution in [0.2, 0.25) is 0 Å². The van der Waals surface area contributed by atoms with Crippen molar-refractivity contribution in [3.05, 3.63) is 87.6 Å². The van der Waals surface area contributed by atoms with Crippen molar-refractivity contribution in [3.63, 3.8) is 0 Å². The molecule has 0 bridgehead atoms. The minimum absolute atomic E-state index is 0.173. The van der Waals surface area contributed by atoms with Gasteiger partial charge in [-0.25, -0.2) is 0 Å². The van der Waals surface area contributed by atoms with E-state index in [-0.39, 0.29) is 5.91 Å². The van der Waals surface area contributed by atoms with Crippen LogP contribution in [0.4, 0.5) is 11.4 Å². The van der Waals surface area contributed by atoms with Crippen molar-refractivity contribution in [2.45, 2.75) is 0 Å². The summed E-state index contributed by atoms with van der Waals surface area (Å²) in [5, 5.41) is 5.82. The lowest BCUT2D eigenvalue weighted by Crippen LogP contribution is -2.41. The number of anilines is 2. The fraction of sp³-hybridized carbons (Fsp3) is 0.0476. The molecule has 4 rings (SSSR count). The number of hydrogen-bond donors (Lipinski definition) is 2. The van der Waals surface area contributed by atoms with Crippen molar-refractivity contribution in [1.82, 2.24) is 0 Å². The lowest BCUT2D eigenvalue weighted by molar-refractivity contribution is -0.111. The van der Waals surface area contributed by atoms with Crippen LogP contribution < -0.4 is 25.8 Å². The monoisotopic (exact) mass is 374 g/mol. The predicted molar refractivity (Wildman–Crippen MR) is 111 cm³/mol. The molecular formula is C21H18N4OS. The highest BCUT2D eigenvalue weighted by Gasteiger charge is 2.14. The van der Waals surface area contributed by atoms with E-state index in [2.05, 4.69) is 10.3 Å². The number of thiophene rings is 1. The molecule has 3 aromatic rings. The number of nitrogens with one attached hydrogen (secondary N) is 1. The summed E-state index contributed by atoms with van der Waals surface area (Å²) in [5.74, 6) is 0.525. The van der Waals surface area contributed by atoms with Gasteiger partial charge in [-0.05, 0) is 47.4 Å². The first-order chi connectivity index (χ1) is 13.2. The van der Waals surface area contributed by atoms with E-state index in [0.29, 0.717) is 12.5 Å². The van der Waals surface area contributed by atoms with Gasteiger partial charge in [0.1, 0.15) is 17.2 Å². The Kier molecular flexibility index (Phi) is 4.72. The Balaban J connectivity index is 1.45. The van der Waals surface area contributed by atoms with Gasteiger partial charge in [-0.3, -0.25) is 9.79 Å². The van der Waals surface area contributed by atoms with Crippen molar-refractivity contribution in [1.29, 1.82) is 0 Å². The summed E-state index contributed by atoms with van der Waals surface area (Å²) < 4.78 is 0.970. The van der Waals surface area contributed by atoms with Gasteiger partial charge in [-0.2, -0.15) is 0 Å². The van der Waals surface area contributed by atoms with E-state index in [1.54, 1.807) is 17.4 Å². The molecule has 1 aromatic heterocycles. The largest absolute Gasteiger partial charge is 0.384 e. The average Bonchev–Trinajstić information content (AvgIpc) is 3.18. The zero-order chi connectivity index (χ0) is 18.6. The minimum Gasteiger partial charge on any atom is -0.384 e. The number of hydrogen-bond acceptors (Lipinski definition) is 5. The van der Waals surface area contributed by atoms with Crippen molar-refractivity contribution >= 4 is 40.5 Å². The van der Waals surface area contributed by atoms with E-state index < -0.39 is 0 Å². The molecule has 27 heavy (non-hydrogen) atoms. The number of carbonyl (C=O) groups is 1. The zero-order valence-corrected chi connectivity index (χ0v) is 15.3. The predicted octanol–water partition coefficient (Wildman–Crippen LogP) is 2.52. The Morgan fingerprint density at radius 2 is 1.89 bits per heavy atom. The Labute approximate surface area is 160 Å². The molecule has 3 N–H and O–H groups in total. The third kappa shape index (κ3) is 3.75. The van der Waals surface area contributed by atoms with Crippen LogP contribution in [0.25, 0.3) is 11.9 Å². The number of nitrogens with zero attached hydrogens (tertiary/aromatic N) is 2. The molecular weight excluding hydrogens is 356 g/mol. The van der Waals surface area contributed by atoms with Crippen LogP contribution in [-0.4, -0.2) is 12.6 Å². The average molecular weight is 374 g/mol. The smallest absolute Gasteiger partial charge is 0.248 e. The number of rotatable bonds is 4. The summed E-state index contributed by atoms with van der Waals surface area (Å²) in [4.78, 5) is 18.6. The number of nitrogens with two attached hydrogens (primary N) is 1. The number of amides is 1. The Morgan fingerprint density at radius 1 is 1.11 bits per heavy atom. The summed E-state index contributed by atoms with van der Waals surface area (Å²) in [6.07, 6.45) is 3.31. The molecule has 0 fully saturated rings. The second kappa shape index (κ2) is 7.47. The molecule has 0 saturated carbocycles. The maximum Gasteiger partial charge on any atom is 0.248 e. The van der Waals surface area contributed by atoms with Crippen molar-refractivity contribution < 1.29 is 4.79 Å². The highest BCUT2D eigenvalue weighted by Crippen LogP contribution is 2.21. The zero-order valence-electron chi connectivity index (χ0n) is 14.5. The molecule has 0 saturated heterocycles. The fourth-order valence-corrected chi connectivity index (χ4v) is 3.61. The lowest BCUT2D eigenvalue weighted by atomic mass is 10.2. The number of benzene rings is 2. The molecule has 6 heteroatoms. The van der Waals surface area contributed by atoms with Crippen LogP contribution in [0.15, 0.2) is 77.1 Å². The van der Waals surface area contributed by atoms with E-state index >= 15 is 0 Å². The summed E-state index contributed by atoms with van der Waals surface area (Å²) in [6, 6.07) is 19.3. The van der Waals surface area contributed by atoms with Gasteiger partial charge < -0.3 is 16.0 Å². The normalized spacial score (nSPS) is 13.3. The van der Waals surface area contributed by atoms with Crippen molar-refractivity contribution in [3.8, 4) is 0 Å². The molecule has 2 aromatic carbocycles. The van der Waals surface area contributed by atoms with Gasteiger partial charge in [0.2, 0.25) is 5.91 Å². The molecule has 0 aliphatic carbocycles. The first-order valence-corrected chi connectivity index (χ1v) is 9.38. The van der Waals surface area contributed by atoms with Crippen LogP contribution in [0.3, 0.4) is 0 Å². The fourth-order valence-electron chi connectivity index (χ4n) is 2.84. The second-order valence-corrected chi connectivity index (χ2v) is 6.93. The maximum atomic E-state index is 12.1. The van der Waals surface area contributed by atoms with Crippen LogP contribution in [0.1, 0.15) is 5.56 Å². The summed E-state index contributed by atoms with van der Waals surface area (Å²) in [5.41, 5.74) is 8.94. The Morgan fingerprint density at radius 3 is 2.67 bits per heavy atom. The van der Waals surface area contributed by atoms with Gasteiger partial charge >= 0.3 is 0 Å². The molecule has 1 aliphatic rings. The van der Waals surface area contributed by atoms with Crippen LogP contribution >= 0.6 is 11.3 Å². The number of fused-ring (bicyclic) bond motifs is 1. The van der Waals surface area contributed by atoms with E-state index in [9.17, 15) is 4.79 Å². The molecule has 5 nitrogen and oxygen atoms in total. The van der Waals surface area contributed by atoms with Crippen molar-refractivity contribution in [2.75, 3.05) is 16.9 Å². The van der Waals surface area contributed by atoms with Crippen LogP contribution in [-0.2, 0) is 4.79 Å². The first kappa shape index (κ1) is 17.1. The third-order valence-electron chi connectivity index (χ3n) is 4.24. The molecule has 0 radical (unpaired) electrons. The van der Waals surface area contributed by atoms with Gasteiger partial charge in [0.15, 0.2) is 0 Å². The third-order valence-corrected chi connectivity index (χ3v) is 5.08. The van der Waals surface area contributed by atoms with Gasteiger partial charge in [0.05, 0.1) is 5.22 Å². The summed E-state index contributed by atoms with van der Waals surface area (Å²) in [7, 11) is 0. The van der Waals surface area contributed by atoms with Crippen LogP contribution in [0, 0.1) is 0 Å². The van der Waals surface area contributed by atoms with Gasteiger partial charge in [0, 0.05) is 17.5 Å². The Bertz CT molecular complexity index is 1100. The molecule has 2 heterocycles. The highest BCUT2D eigenvalue weighted by molar-refractivity contribution is 7.07. The topological polar surface area (TPSA) is 70.7 Å². The van der Waals surface area contributed by atoms with Crippen molar-refractivity contribution in [2.24, 2.45) is 10.7 Å². The standard InChI is InChI=1S/C21H18N4OS/c22-20-18-12-13-27-21(18)23-14-25(20)17-9-7-16(8-10-17)24-19(26)11-6-15-4-2-1-3-5-15/h1-13H,14,22H2,(H,24,26). The van der Waals surface area contributed by atoms with E-state index in [4.69, 9.17) is 5.73 Å². The molecule has 1 aliphatic heterocycles. The van der Waals surface area contributed by atoms with Gasteiger partial charge in [0.25, 0.3) is 0 Å². The quantitative estimate of drug-likeness (QED) is 0.690. The molecule has 0 atom stereocenters. The molecule has 0 spiro atoms. The van der Waals surface area contributed by atoms with Gasteiger partial charge in [-0.15, -0.1) is 11.3 Å². The number of carbonyl (C=O) groups excluding carboxylic acids is 1.